The minimum absolute atomic E-state index is 0.109. The van der Waals surface area contributed by atoms with Gasteiger partial charge in [0.2, 0.25) is 0 Å². The Morgan fingerprint density at radius 2 is 1.42 bits per heavy atom. The lowest BCUT2D eigenvalue weighted by Gasteiger charge is -2.07. The molecule has 0 atom stereocenters. The third-order valence-electron chi connectivity index (χ3n) is 3.84. The van der Waals surface area contributed by atoms with Crippen LogP contribution < -0.4 is 4.74 Å². The quantitative estimate of drug-likeness (QED) is 0.220. The number of esters is 2. The van der Waals surface area contributed by atoms with Crippen LogP contribution >= 0.6 is 0 Å². The third-order valence-corrected chi connectivity index (χ3v) is 3.84. The van der Waals surface area contributed by atoms with Gasteiger partial charge < -0.3 is 9.47 Å². The highest BCUT2D eigenvalue weighted by Crippen LogP contribution is 2.14. The Bertz CT molecular complexity index is 548. The molecule has 5 nitrogen and oxygen atoms in total. The average Bonchev–Trinajstić information content (AvgIpc) is 2.62. The van der Waals surface area contributed by atoms with Gasteiger partial charge in [0.05, 0.1) is 6.61 Å². The van der Waals surface area contributed by atoms with Gasteiger partial charge in [0, 0.05) is 18.4 Å². The fraction of sp³-hybridized carbons (Fsp3) is 0.571. The minimum atomic E-state index is -0.253. The molecule has 1 rings (SSSR count). The Morgan fingerprint density at radius 1 is 0.885 bits per heavy atom. The highest BCUT2D eigenvalue weighted by molar-refractivity contribution is 5.76. The van der Waals surface area contributed by atoms with Crippen LogP contribution in [0.3, 0.4) is 0 Å². The van der Waals surface area contributed by atoms with Crippen LogP contribution in [0.5, 0.6) is 5.75 Å². The van der Waals surface area contributed by atoms with E-state index in [-0.39, 0.29) is 11.9 Å². The van der Waals surface area contributed by atoms with Gasteiger partial charge in [0.15, 0.2) is 0 Å². The highest BCUT2D eigenvalue weighted by Gasteiger charge is 2.06. The first-order chi connectivity index (χ1) is 12.5. The van der Waals surface area contributed by atoms with Crippen molar-refractivity contribution in [2.75, 3.05) is 6.61 Å². The van der Waals surface area contributed by atoms with E-state index in [2.05, 4.69) is 0 Å². The van der Waals surface area contributed by atoms with Crippen molar-refractivity contribution in [3.63, 3.8) is 0 Å². The maximum absolute atomic E-state index is 11.7. The van der Waals surface area contributed by atoms with E-state index in [1.165, 1.54) is 0 Å². The molecule has 5 heteroatoms. The van der Waals surface area contributed by atoms with Crippen LogP contribution in [0.15, 0.2) is 24.3 Å². The normalized spacial score (nSPS) is 10.6. The Labute approximate surface area is 156 Å². The Hall–Kier alpha value is -2.17. The molecule has 0 aliphatic carbocycles. The average molecular weight is 362 g/mol. The van der Waals surface area contributed by atoms with Crippen LogP contribution in [0.2, 0.25) is 0 Å². The molecule has 0 aliphatic rings. The molecule has 0 saturated heterocycles. The van der Waals surface area contributed by atoms with Crippen molar-refractivity contribution < 1.29 is 23.9 Å². The molecule has 0 radical (unpaired) electrons. The third kappa shape index (κ3) is 10.6. The molecule has 0 aromatic heterocycles. The van der Waals surface area contributed by atoms with Crippen molar-refractivity contribution in [2.24, 2.45) is 5.92 Å². The van der Waals surface area contributed by atoms with Crippen LogP contribution in [0, 0.1) is 5.92 Å². The van der Waals surface area contributed by atoms with E-state index in [9.17, 15) is 14.4 Å². The summed E-state index contributed by atoms with van der Waals surface area (Å²) >= 11 is 0. The number of ether oxygens (including phenoxy) is 2. The molecule has 0 unspecified atom stereocenters. The van der Waals surface area contributed by atoms with E-state index in [4.69, 9.17) is 9.47 Å². The summed E-state index contributed by atoms with van der Waals surface area (Å²) in [6.45, 7) is 4.54. The summed E-state index contributed by atoms with van der Waals surface area (Å²) in [4.78, 5) is 33.8. The zero-order valence-electron chi connectivity index (χ0n) is 15.9. The van der Waals surface area contributed by atoms with E-state index in [0.29, 0.717) is 36.7 Å². The molecule has 1 aromatic rings. The van der Waals surface area contributed by atoms with Crippen molar-refractivity contribution in [3.05, 3.63) is 29.8 Å². The van der Waals surface area contributed by atoms with Gasteiger partial charge in [-0.3, -0.25) is 14.4 Å². The van der Waals surface area contributed by atoms with E-state index in [1.54, 1.807) is 24.3 Å². The fourth-order valence-electron chi connectivity index (χ4n) is 2.37. The minimum Gasteiger partial charge on any atom is -0.465 e. The molecule has 1 aromatic carbocycles. The SMILES string of the molecule is CC(C)COC(=O)CCCCCCCCC(=O)Oc1ccc(C=O)cc1. The smallest absolute Gasteiger partial charge is 0.311 e. The van der Waals surface area contributed by atoms with Gasteiger partial charge in [0.25, 0.3) is 0 Å². The standard InChI is InChI=1S/C21H30O5/c1-17(2)16-25-20(23)9-7-5-3-4-6-8-10-21(24)26-19-13-11-18(15-22)12-14-19/h11-15,17H,3-10,16H2,1-2H3. The lowest BCUT2D eigenvalue weighted by atomic mass is 10.1. The monoisotopic (exact) mass is 362 g/mol. The number of carbonyl (C=O) groups is 3. The predicted octanol–water partition coefficient (Wildman–Crippen LogP) is 4.72. The Kier molecular flexibility index (Phi) is 11.0. The van der Waals surface area contributed by atoms with Crippen LogP contribution in [0.4, 0.5) is 0 Å². The fourth-order valence-corrected chi connectivity index (χ4v) is 2.37. The summed E-state index contributed by atoms with van der Waals surface area (Å²) in [5, 5.41) is 0. The van der Waals surface area contributed by atoms with Crippen molar-refractivity contribution in [2.45, 2.75) is 65.2 Å². The molecule has 0 bridgehead atoms. The second-order valence-corrected chi connectivity index (χ2v) is 6.86. The Morgan fingerprint density at radius 3 is 1.96 bits per heavy atom. The summed E-state index contributed by atoms with van der Waals surface area (Å²) in [6, 6.07) is 6.48. The number of rotatable bonds is 13. The molecule has 26 heavy (non-hydrogen) atoms. The zero-order valence-corrected chi connectivity index (χ0v) is 15.9. The summed E-state index contributed by atoms with van der Waals surface area (Å²) in [5.74, 6) is 0.477. The number of unbranched alkanes of at least 4 members (excludes halogenated alkanes) is 5. The molecule has 0 aliphatic heterocycles. The first-order valence-electron chi connectivity index (χ1n) is 9.43. The molecular weight excluding hydrogens is 332 g/mol. The van der Waals surface area contributed by atoms with Crippen LogP contribution in [-0.4, -0.2) is 24.8 Å². The second kappa shape index (κ2) is 13.1. The summed E-state index contributed by atoms with van der Waals surface area (Å²) in [7, 11) is 0. The summed E-state index contributed by atoms with van der Waals surface area (Å²) in [5.41, 5.74) is 0.554. The molecule has 0 heterocycles. The molecule has 0 fully saturated rings. The molecular formula is C21H30O5. The largest absolute Gasteiger partial charge is 0.465 e. The van der Waals surface area contributed by atoms with Crippen molar-refractivity contribution >= 4 is 18.2 Å². The lowest BCUT2D eigenvalue weighted by Crippen LogP contribution is -2.09. The first-order valence-corrected chi connectivity index (χ1v) is 9.43. The number of benzene rings is 1. The number of aldehydes is 1. The number of hydrogen-bond donors (Lipinski definition) is 0. The van der Waals surface area contributed by atoms with E-state index < -0.39 is 0 Å². The van der Waals surface area contributed by atoms with Crippen molar-refractivity contribution in [1.29, 1.82) is 0 Å². The first kappa shape index (κ1) is 21.9. The predicted molar refractivity (Wildman–Crippen MR) is 100 cm³/mol. The molecule has 0 spiro atoms. The molecule has 0 saturated carbocycles. The topological polar surface area (TPSA) is 69.7 Å². The van der Waals surface area contributed by atoms with E-state index >= 15 is 0 Å². The maximum Gasteiger partial charge on any atom is 0.311 e. The van der Waals surface area contributed by atoms with Gasteiger partial charge in [0.1, 0.15) is 12.0 Å². The van der Waals surface area contributed by atoms with Crippen molar-refractivity contribution in [3.8, 4) is 5.75 Å². The van der Waals surface area contributed by atoms with Gasteiger partial charge in [-0.1, -0.05) is 39.5 Å². The lowest BCUT2D eigenvalue weighted by molar-refractivity contribution is -0.144. The van der Waals surface area contributed by atoms with Crippen LogP contribution in [0.1, 0.15) is 75.6 Å². The molecule has 144 valence electrons. The van der Waals surface area contributed by atoms with E-state index in [0.717, 1.165) is 44.8 Å². The number of hydrogen-bond acceptors (Lipinski definition) is 5. The second-order valence-electron chi connectivity index (χ2n) is 6.86. The van der Waals surface area contributed by atoms with Gasteiger partial charge in [-0.25, -0.2) is 0 Å². The van der Waals surface area contributed by atoms with Crippen LogP contribution in [-0.2, 0) is 14.3 Å². The summed E-state index contributed by atoms with van der Waals surface area (Å²) < 4.78 is 10.3. The molecule has 0 N–H and O–H groups in total. The number of carbonyl (C=O) groups excluding carboxylic acids is 3. The highest BCUT2D eigenvalue weighted by atomic mass is 16.5. The zero-order chi connectivity index (χ0) is 19.2. The molecule has 0 amide bonds. The maximum atomic E-state index is 11.7. The van der Waals surface area contributed by atoms with Crippen molar-refractivity contribution in [1.82, 2.24) is 0 Å². The van der Waals surface area contributed by atoms with Crippen LogP contribution in [0.25, 0.3) is 0 Å². The van der Waals surface area contributed by atoms with Gasteiger partial charge >= 0.3 is 11.9 Å². The van der Waals surface area contributed by atoms with Gasteiger partial charge in [-0.05, 0) is 43.0 Å². The Balaban J connectivity index is 1.98. The van der Waals surface area contributed by atoms with Gasteiger partial charge in [-0.2, -0.15) is 0 Å². The van der Waals surface area contributed by atoms with Gasteiger partial charge in [-0.15, -0.1) is 0 Å². The van der Waals surface area contributed by atoms with E-state index in [1.807, 2.05) is 13.8 Å². The summed E-state index contributed by atoms with van der Waals surface area (Å²) in [6.07, 6.45) is 7.35.